The van der Waals surface area contributed by atoms with E-state index in [0.29, 0.717) is 30.2 Å². The summed E-state index contributed by atoms with van der Waals surface area (Å²) in [7, 11) is 2.09. The Hall–Kier alpha value is -3.67. The van der Waals surface area contributed by atoms with Gasteiger partial charge in [0.2, 0.25) is 5.95 Å². The molecule has 0 spiro atoms. The highest BCUT2D eigenvalue weighted by molar-refractivity contribution is 7.22. The molecule has 0 bridgehead atoms. The molecule has 2 aliphatic rings. The van der Waals surface area contributed by atoms with E-state index < -0.39 is 0 Å². The molecule has 2 aliphatic heterocycles. The monoisotopic (exact) mass is 516 g/mol. The summed E-state index contributed by atoms with van der Waals surface area (Å²) in [5, 5.41) is 0. The Morgan fingerprint density at radius 1 is 0.946 bits per heavy atom. The molecule has 0 unspecified atom stereocenters. The number of carbonyl (C=O) groups excluding carboxylic acids is 1. The first kappa shape index (κ1) is 23.7. The van der Waals surface area contributed by atoms with Crippen LogP contribution in [0.3, 0.4) is 0 Å². The second-order valence-electron chi connectivity index (χ2n) is 9.30. The summed E-state index contributed by atoms with van der Waals surface area (Å²) in [4.78, 5) is 38.4. The predicted octanol–water partition coefficient (Wildman–Crippen LogP) is 2.62. The molecule has 37 heavy (non-hydrogen) atoms. The van der Waals surface area contributed by atoms with Gasteiger partial charge in [0, 0.05) is 62.1 Å². The van der Waals surface area contributed by atoms with E-state index >= 15 is 0 Å². The number of hydrogen-bond acceptors (Lipinski definition) is 10. The first-order chi connectivity index (χ1) is 18.0. The second kappa shape index (κ2) is 10.0. The third-order valence-electron chi connectivity index (χ3n) is 6.80. The highest BCUT2D eigenvalue weighted by atomic mass is 32.1. The van der Waals surface area contributed by atoms with Gasteiger partial charge in [-0.1, -0.05) is 12.1 Å². The molecule has 0 saturated carbocycles. The molecule has 2 fully saturated rings. The molecule has 2 saturated heterocycles. The summed E-state index contributed by atoms with van der Waals surface area (Å²) in [6.07, 6.45) is 3.30. The minimum absolute atomic E-state index is 0.0896. The zero-order valence-corrected chi connectivity index (χ0v) is 21.4. The van der Waals surface area contributed by atoms with Crippen LogP contribution in [0.15, 0.2) is 42.7 Å². The van der Waals surface area contributed by atoms with Gasteiger partial charge in [-0.15, -0.1) is 11.3 Å². The Morgan fingerprint density at radius 3 is 2.35 bits per heavy atom. The quantitative estimate of drug-likeness (QED) is 0.437. The molecule has 11 heteroatoms. The molecular weight excluding hydrogens is 488 g/mol. The number of piperazine rings is 1. The van der Waals surface area contributed by atoms with Crippen molar-refractivity contribution in [2.24, 2.45) is 0 Å². The highest BCUT2D eigenvalue weighted by Gasteiger charge is 2.22. The maximum atomic E-state index is 13.0. The number of nitrogens with two attached hydrogens (primary N) is 1. The van der Waals surface area contributed by atoms with Crippen LogP contribution in [0.5, 0.6) is 0 Å². The number of ether oxygens (including phenoxy) is 1. The molecule has 4 aromatic rings. The molecule has 0 aliphatic carbocycles. The molecule has 190 valence electrons. The number of hydrogen-bond donors (Lipinski definition) is 1. The summed E-state index contributed by atoms with van der Waals surface area (Å²) >= 11 is 1.66. The number of amides is 1. The molecule has 0 atom stereocenters. The molecule has 0 radical (unpaired) electrons. The van der Waals surface area contributed by atoms with Crippen LogP contribution in [0.2, 0.25) is 0 Å². The van der Waals surface area contributed by atoms with Crippen molar-refractivity contribution in [2.45, 2.75) is 0 Å². The average Bonchev–Trinajstić information content (AvgIpc) is 3.38. The van der Waals surface area contributed by atoms with Gasteiger partial charge in [-0.2, -0.15) is 0 Å². The minimum atomic E-state index is 0.0896. The van der Waals surface area contributed by atoms with Gasteiger partial charge in [0.15, 0.2) is 11.6 Å². The number of thiophene rings is 1. The average molecular weight is 517 g/mol. The first-order valence-electron chi connectivity index (χ1n) is 12.4. The van der Waals surface area contributed by atoms with Crippen LogP contribution in [0.1, 0.15) is 10.4 Å². The van der Waals surface area contributed by atoms with Crippen molar-refractivity contribution >= 4 is 39.2 Å². The smallest absolute Gasteiger partial charge is 0.253 e. The summed E-state index contributed by atoms with van der Waals surface area (Å²) in [6, 6.07) is 9.97. The number of morpholine rings is 1. The van der Waals surface area contributed by atoms with Crippen LogP contribution in [0, 0.1) is 0 Å². The fourth-order valence-electron chi connectivity index (χ4n) is 4.60. The van der Waals surface area contributed by atoms with E-state index in [9.17, 15) is 4.79 Å². The summed E-state index contributed by atoms with van der Waals surface area (Å²) < 4.78 is 6.59. The Balaban J connectivity index is 1.34. The van der Waals surface area contributed by atoms with E-state index in [4.69, 9.17) is 20.4 Å². The van der Waals surface area contributed by atoms with E-state index in [0.717, 1.165) is 65.7 Å². The van der Waals surface area contributed by atoms with Gasteiger partial charge < -0.3 is 25.2 Å². The number of aromatic nitrogens is 4. The molecule has 6 rings (SSSR count). The molecule has 5 heterocycles. The lowest BCUT2D eigenvalue weighted by Crippen LogP contribution is -2.47. The minimum Gasteiger partial charge on any atom is -0.378 e. The zero-order valence-electron chi connectivity index (χ0n) is 20.6. The largest absolute Gasteiger partial charge is 0.378 e. The molecule has 10 nitrogen and oxygen atoms in total. The Labute approximate surface area is 218 Å². The van der Waals surface area contributed by atoms with E-state index in [-0.39, 0.29) is 11.9 Å². The Morgan fingerprint density at radius 2 is 1.65 bits per heavy atom. The van der Waals surface area contributed by atoms with E-state index in [1.54, 1.807) is 23.7 Å². The van der Waals surface area contributed by atoms with Gasteiger partial charge in [0.25, 0.3) is 5.91 Å². The first-order valence-corrected chi connectivity index (χ1v) is 13.2. The fourth-order valence-corrected chi connectivity index (χ4v) is 5.72. The van der Waals surface area contributed by atoms with Crippen LogP contribution in [0.25, 0.3) is 32.0 Å². The van der Waals surface area contributed by atoms with Gasteiger partial charge in [-0.25, -0.2) is 19.9 Å². The standard InChI is InChI=1S/C26H28N8O2S/c1-32-6-8-34(9-7-32)25(35)18-4-2-17(3-5-18)21-14-20-22(37-21)24(33-10-12-36-13-11-33)31-23(30-20)19-15-28-26(27)29-16-19/h2-5,14-16H,6-13H2,1H3,(H2,27,28,29). The predicted molar refractivity (Wildman–Crippen MR) is 145 cm³/mol. The van der Waals surface area contributed by atoms with Crippen LogP contribution in [0.4, 0.5) is 11.8 Å². The van der Waals surface area contributed by atoms with Gasteiger partial charge in [-0.05, 0) is 30.8 Å². The fraction of sp³-hybridized carbons (Fsp3) is 0.346. The van der Waals surface area contributed by atoms with Crippen LogP contribution in [-0.4, -0.2) is 95.2 Å². The van der Waals surface area contributed by atoms with E-state index in [2.05, 4.69) is 32.9 Å². The third-order valence-corrected chi connectivity index (χ3v) is 7.97. The normalized spacial score (nSPS) is 16.9. The van der Waals surface area contributed by atoms with Crippen molar-refractivity contribution in [1.29, 1.82) is 0 Å². The summed E-state index contributed by atoms with van der Waals surface area (Å²) in [5.41, 5.74) is 9.01. The topological polar surface area (TPSA) is 114 Å². The highest BCUT2D eigenvalue weighted by Crippen LogP contribution is 2.38. The van der Waals surface area contributed by atoms with Gasteiger partial charge in [0.1, 0.15) is 0 Å². The number of nitrogens with zero attached hydrogens (tertiary/aromatic N) is 7. The van der Waals surface area contributed by atoms with Crippen molar-refractivity contribution in [3.05, 3.63) is 48.3 Å². The maximum absolute atomic E-state index is 13.0. The number of nitrogen functional groups attached to an aromatic ring is 1. The number of fused-ring (bicyclic) bond motifs is 1. The number of anilines is 2. The van der Waals surface area contributed by atoms with Crippen LogP contribution in [-0.2, 0) is 4.74 Å². The van der Waals surface area contributed by atoms with Crippen molar-refractivity contribution in [2.75, 3.05) is 70.2 Å². The van der Waals surface area contributed by atoms with Gasteiger partial charge in [-0.3, -0.25) is 4.79 Å². The van der Waals surface area contributed by atoms with Crippen molar-refractivity contribution in [3.63, 3.8) is 0 Å². The lowest BCUT2D eigenvalue weighted by molar-refractivity contribution is 0.0664. The van der Waals surface area contributed by atoms with Crippen molar-refractivity contribution in [1.82, 2.24) is 29.7 Å². The molecule has 1 aromatic carbocycles. The number of benzene rings is 1. The molecular formula is C26H28N8O2S. The van der Waals surface area contributed by atoms with Gasteiger partial charge in [0.05, 0.1) is 29.0 Å². The van der Waals surface area contributed by atoms with Crippen molar-refractivity contribution < 1.29 is 9.53 Å². The van der Waals surface area contributed by atoms with Crippen molar-refractivity contribution in [3.8, 4) is 21.8 Å². The van der Waals surface area contributed by atoms with E-state index in [1.807, 2.05) is 29.2 Å². The van der Waals surface area contributed by atoms with Gasteiger partial charge >= 0.3 is 0 Å². The number of carbonyl (C=O) groups is 1. The van der Waals surface area contributed by atoms with Crippen LogP contribution < -0.4 is 10.6 Å². The lowest BCUT2D eigenvalue weighted by atomic mass is 10.1. The summed E-state index contributed by atoms with van der Waals surface area (Å²) in [6.45, 7) is 6.18. The second-order valence-corrected chi connectivity index (χ2v) is 10.4. The SMILES string of the molecule is CN1CCN(C(=O)c2ccc(-c3cc4nc(-c5cnc(N)nc5)nc(N5CCOCC5)c4s3)cc2)CC1. The molecule has 1 amide bonds. The zero-order chi connectivity index (χ0) is 25.4. The van der Waals surface area contributed by atoms with E-state index in [1.165, 1.54) is 0 Å². The maximum Gasteiger partial charge on any atom is 0.253 e. The Bertz CT molecular complexity index is 1410. The summed E-state index contributed by atoms with van der Waals surface area (Å²) in [5.74, 6) is 1.75. The van der Waals surface area contributed by atoms with Crippen LogP contribution >= 0.6 is 11.3 Å². The Kier molecular flexibility index (Phi) is 6.41. The molecule has 2 N–H and O–H groups in total. The number of rotatable bonds is 4. The molecule has 3 aromatic heterocycles. The third kappa shape index (κ3) is 4.85. The number of likely N-dealkylation sites (N-methyl/N-ethyl adjacent to an activating group) is 1. The lowest BCUT2D eigenvalue weighted by Gasteiger charge is -2.32.